The molecule has 1 aromatic carbocycles. The fourth-order valence-electron chi connectivity index (χ4n) is 1.32. The summed E-state index contributed by atoms with van der Waals surface area (Å²) in [5.41, 5.74) is 0.415. The van der Waals surface area contributed by atoms with Crippen LogP contribution < -0.4 is 4.43 Å². The number of rotatable bonds is 3. The Morgan fingerprint density at radius 1 is 1.32 bits per heavy atom. The second-order valence-corrected chi connectivity index (χ2v) is 11.8. The number of carbonyl (C=O) groups is 1. The van der Waals surface area contributed by atoms with Gasteiger partial charge < -0.3 is 4.43 Å². The minimum Gasteiger partial charge on any atom is -0.543 e. The summed E-state index contributed by atoms with van der Waals surface area (Å²) in [6.07, 6.45) is 0. The molecule has 106 valence electrons. The molecule has 0 aromatic heterocycles. The van der Waals surface area contributed by atoms with E-state index in [-0.39, 0.29) is 15.3 Å². The van der Waals surface area contributed by atoms with Crippen LogP contribution in [-0.2, 0) is 0 Å². The van der Waals surface area contributed by atoms with Crippen molar-refractivity contribution < 1.29 is 13.6 Å². The zero-order valence-corrected chi connectivity index (χ0v) is 14.8. The predicted octanol–water partition coefficient (Wildman–Crippen LogP) is 5.17. The SMILES string of the molecule is CC(=O)c1cc(Br)c(F)cc1O[Si](C)(C)C(C)(C)C. The highest BCUT2D eigenvalue weighted by atomic mass is 79.9. The first kappa shape index (κ1) is 16.4. The van der Waals surface area contributed by atoms with Gasteiger partial charge in [0.25, 0.3) is 8.32 Å². The van der Waals surface area contributed by atoms with Gasteiger partial charge in [0.1, 0.15) is 11.6 Å². The maximum atomic E-state index is 13.7. The highest BCUT2D eigenvalue weighted by Gasteiger charge is 2.39. The van der Waals surface area contributed by atoms with Gasteiger partial charge in [0.15, 0.2) is 5.78 Å². The van der Waals surface area contributed by atoms with E-state index in [4.69, 9.17) is 4.43 Å². The van der Waals surface area contributed by atoms with Gasteiger partial charge in [-0.15, -0.1) is 0 Å². The second-order valence-electron chi connectivity index (χ2n) is 6.18. The first-order valence-corrected chi connectivity index (χ1v) is 9.85. The molecule has 0 aliphatic carbocycles. The molecular weight excluding hydrogens is 327 g/mol. The fourth-order valence-corrected chi connectivity index (χ4v) is 2.68. The summed E-state index contributed by atoms with van der Waals surface area (Å²) in [5.74, 6) is -0.201. The quantitative estimate of drug-likeness (QED) is 0.557. The Bertz CT molecular complexity index is 507. The van der Waals surface area contributed by atoms with Crippen LogP contribution in [0.4, 0.5) is 4.39 Å². The molecular formula is C14H20BrFO2Si. The highest BCUT2D eigenvalue weighted by molar-refractivity contribution is 9.10. The second kappa shape index (κ2) is 5.36. The smallest absolute Gasteiger partial charge is 0.250 e. The lowest BCUT2D eigenvalue weighted by Crippen LogP contribution is -2.44. The summed E-state index contributed by atoms with van der Waals surface area (Å²) >= 11 is 3.10. The average Bonchev–Trinajstić information content (AvgIpc) is 2.20. The van der Waals surface area contributed by atoms with Gasteiger partial charge in [0.05, 0.1) is 10.0 Å². The van der Waals surface area contributed by atoms with Gasteiger partial charge >= 0.3 is 0 Å². The molecule has 0 saturated carbocycles. The Labute approximate surface area is 123 Å². The number of hydrogen-bond acceptors (Lipinski definition) is 2. The molecule has 0 amide bonds. The van der Waals surface area contributed by atoms with E-state index in [0.29, 0.717) is 11.3 Å². The maximum Gasteiger partial charge on any atom is 0.250 e. The van der Waals surface area contributed by atoms with Crippen molar-refractivity contribution in [1.29, 1.82) is 0 Å². The van der Waals surface area contributed by atoms with Crippen LogP contribution >= 0.6 is 15.9 Å². The van der Waals surface area contributed by atoms with Crippen LogP contribution in [0.5, 0.6) is 5.75 Å². The van der Waals surface area contributed by atoms with Crippen LogP contribution in [-0.4, -0.2) is 14.1 Å². The Morgan fingerprint density at radius 2 is 1.84 bits per heavy atom. The van der Waals surface area contributed by atoms with Gasteiger partial charge in [-0.1, -0.05) is 20.8 Å². The van der Waals surface area contributed by atoms with Crippen molar-refractivity contribution in [1.82, 2.24) is 0 Å². The molecule has 5 heteroatoms. The van der Waals surface area contributed by atoms with Crippen molar-refractivity contribution in [2.45, 2.75) is 45.8 Å². The topological polar surface area (TPSA) is 26.3 Å². The van der Waals surface area contributed by atoms with Crippen molar-refractivity contribution >= 4 is 30.0 Å². The number of Topliss-reactive ketones (excluding diaryl/α,β-unsaturated/α-hetero) is 1. The van der Waals surface area contributed by atoms with Crippen LogP contribution in [0.2, 0.25) is 18.1 Å². The minimum absolute atomic E-state index is 0.00932. The number of halogens is 2. The van der Waals surface area contributed by atoms with Gasteiger partial charge in [-0.05, 0) is 47.1 Å². The molecule has 0 radical (unpaired) electrons. The summed E-state index contributed by atoms with van der Waals surface area (Å²) in [4.78, 5) is 11.7. The molecule has 0 saturated heterocycles. The lowest BCUT2D eigenvalue weighted by molar-refractivity contribution is 0.101. The maximum absolute atomic E-state index is 13.7. The fraction of sp³-hybridized carbons (Fsp3) is 0.500. The lowest BCUT2D eigenvalue weighted by Gasteiger charge is -2.37. The molecule has 0 atom stereocenters. The molecule has 0 bridgehead atoms. The van der Waals surface area contributed by atoms with E-state index < -0.39 is 14.1 Å². The molecule has 2 nitrogen and oxygen atoms in total. The lowest BCUT2D eigenvalue weighted by atomic mass is 10.1. The van der Waals surface area contributed by atoms with Gasteiger partial charge in [0.2, 0.25) is 0 Å². The Morgan fingerprint density at radius 3 is 2.26 bits per heavy atom. The normalized spacial score (nSPS) is 12.4. The molecule has 0 aliphatic rings. The third-order valence-corrected chi connectivity index (χ3v) is 8.52. The number of benzene rings is 1. The van der Waals surface area contributed by atoms with Gasteiger partial charge in [-0.25, -0.2) is 4.39 Å². The molecule has 0 spiro atoms. The molecule has 0 fully saturated rings. The number of carbonyl (C=O) groups excluding carboxylic acids is 1. The Kier molecular flexibility index (Phi) is 4.62. The van der Waals surface area contributed by atoms with E-state index in [9.17, 15) is 9.18 Å². The summed E-state index contributed by atoms with van der Waals surface area (Å²) in [5, 5.41) is -0.00932. The zero-order valence-electron chi connectivity index (χ0n) is 12.2. The van der Waals surface area contributed by atoms with E-state index in [1.54, 1.807) is 0 Å². The van der Waals surface area contributed by atoms with Gasteiger partial charge in [-0.3, -0.25) is 4.79 Å². The molecule has 1 rings (SSSR count). The average molecular weight is 347 g/mol. The zero-order chi connectivity index (χ0) is 15.0. The third-order valence-electron chi connectivity index (χ3n) is 3.57. The van der Waals surface area contributed by atoms with Crippen LogP contribution in [0.3, 0.4) is 0 Å². The van der Waals surface area contributed by atoms with Crippen molar-refractivity contribution in [3.8, 4) is 5.75 Å². The first-order valence-electron chi connectivity index (χ1n) is 6.15. The van der Waals surface area contributed by atoms with E-state index in [2.05, 4.69) is 49.8 Å². The van der Waals surface area contributed by atoms with Crippen molar-refractivity contribution in [2.24, 2.45) is 0 Å². The Hall–Kier alpha value is -0.683. The molecule has 0 unspecified atom stereocenters. The van der Waals surface area contributed by atoms with Crippen LogP contribution in [0.1, 0.15) is 38.1 Å². The largest absolute Gasteiger partial charge is 0.543 e. The van der Waals surface area contributed by atoms with Crippen molar-refractivity contribution in [2.75, 3.05) is 0 Å². The summed E-state index contributed by atoms with van der Waals surface area (Å²) in [6.45, 7) is 11.9. The molecule has 0 N–H and O–H groups in total. The summed E-state index contributed by atoms with van der Waals surface area (Å²) in [7, 11) is -2.10. The van der Waals surface area contributed by atoms with E-state index in [1.807, 2.05) is 0 Å². The van der Waals surface area contributed by atoms with E-state index in [0.717, 1.165) is 0 Å². The van der Waals surface area contributed by atoms with E-state index in [1.165, 1.54) is 19.1 Å². The monoisotopic (exact) mass is 346 g/mol. The number of hydrogen-bond donors (Lipinski definition) is 0. The van der Waals surface area contributed by atoms with E-state index >= 15 is 0 Å². The first-order chi connectivity index (χ1) is 8.45. The van der Waals surface area contributed by atoms with Gasteiger partial charge in [-0.2, -0.15) is 0 Å². The molecule has 19 heavy (non-hydrogen) atoms. The Balaban J connectivity index is 3.28. The van der Waals surface area contributed by atoms with Crippen LogP contribution in [0.25, 0.3) is 0 Å². The summed E-state index contributed by atoms with van der Waals surface area (Å²) < 4.78 is 20.0. The van der Waals surface area contributed by atoms with Crippen LogP contribution in [0.15, 0.2) is 16.6 Å². The molecule has 0 aliphatic heterocycles. The van der Waals surface area contributed by atoms with Crippen molar-refractivity contribution in [3.63, 3.8) is 0 Å². The third kappa shape index (κ3) is 3.66. The molecule has 0 heterocycles. The number of ketones is 1. The standard InChI is InChI=1S/C14H20BrFO2Si/c1-9(17)10-7-11(15)12(16)8-13(10)18-19(5,6)14(2,3)4/h7-8H,1-6H3. The highest BCUT2D eigenvalue weighted by Crippen LogP contribution is 2.39. The van der Waals surface area contributed by atoms with Crippen LogP contribution in [0, 0.1) is 5.82 Å². The minimum atomic E-state index is -2.10. The summed E-state index contributed by atoms with van der Waals surface area (Å²) in [6, 6.07) is 2.78. The van der Waals surface area contributed by atoms with Gasteiger partial charge in [0, 0.05) is 6.07 Å². The molecule has 1 aromatic rings. The predicted molar refractivity (Wildman–Crippen MR) is 81.9 cm³/mol. The van der Waals surface area contributed by atoms with Crippen molar-refractivity contribution in [3.05, 3.63) is 28.0 Å².